The molecular formula is C77H140O6. The van der Waals surface area contributed by atoms with Crippen molar-refractivity contribution in [1.82, 2.24) is 0 Å². The fourth-order valence-corrected chi connectivity index (χ4v) is 10.9. The SMILES string of the molecule is CCCCC/C=C\C/C=C\CCCCCCCCCCCC(=O)OCC(COC(=O)CCCCCCCCCCCCCCC/C=C\C/C=C\CCCCCCC)OC(=O)CCCCCCCCCCC/C=C\CCCCCCCCCC. The van der Waals surface area contributed by atoms with Crippen LogP contribution in [0.3, 0.4) is 0 Å². The normalized spacial score (nSPS) is 12.4. The number of hydrogen-bond acceptors (Lipinski definition) is 6. The van der Waals surface area contributed by atoms with Crippen molar-refractivity contribution in [2.75, 3.05) is 13.2 Å². The van der Waals surface area contributed by atoms with Gasteiger partial charge in [-0.1, -0.05) is 326 Å². The lowest BCUT2D eigenvalue weighted by atomic mass is 10.0. The Kier molecular flexibility index (Phi) is 69.1. The van der Waals surface area contributed by atoms with E-state index < -0.39 is 6.10 Å². The summed E-state index contributed by atoms with van der Waals surface area (Å²) in [5, 5.41) is 0. The summed E-state index contributed by atoms with van der Waals surface area (Å²) in [6.45, 7) is 6.67. The number of rotatable bonds is 68. The molecule has 0 fully saturated rings. The van der Waals surface area contributed by atoms with Gasteiger partial charge in [0.05, 0.1) is 0 Å². The van der Waals surface area contributed by atoms with E-state index in [-0.39, 0.29) is 31.1 Å². The molecule has 0 aromatic carbocycles. The molecule has 484 valence electrons. The highest BCUT2D eigenvalue weighted by atomic mass is 16.6. The summed E-state index contributed by atoms with van der Waals surface area (Å²) in [5.74, 6) is -0.855. The van der Waals surface area contributed by atoms with Crippen LogP contribution in [0.2, 0.25) is 0 Å². The second-order valence-corrected chi connectivity index (χ2v) is 24.8. The van der Waals surface area contributed by atoms with Crippen LogP contribution in [0.5, 0.6) is 0 Å². The molecule has 83 heavy (non-hydrogen) atoms. The summed E-state index contributed by atoms with van der Waals surface area (Å²) >= 11 is 0. The van der Waals surface area contributed by atoms with Gasteiger partial charge in [0.25, 0.3) is 0 Å². The Morgan fingerprint density at radius 1 is 0.241 bits per heavy atom. The Labute approximate surface area is 517 Å². The van der Waals surface area contributed by atoms with E-state index in [9.17, 15) is 14.4 Å². The summed E-state index contributed by atoms with van der Waals surface area (Å²) in [6.07, 6.45) is 92.4. The Morgan fingerprint density at radius 3 is 0.699 bits per heavy atom. The van der Waals surface area contributed by atoms with E-state index in [1.807, 2.05) is 0 Å². The van der Waals surface area contributed by atoms with E-state index >= 15 is 0 Å². The van der Waals surface area contributed by atoms with Crippen LogP contribution in [-0.2, 0) is 28.6 Å². The van der Waals surface area contributed by atoms with Gasteiger partial charge in [-0.3, -0.25) is 14.4 Å². The standard InChI is InChI=1S/C77H140O6/c1-4-7-10-13-16-19-22-25-28-31-34-36-37-38-39-41-43-46-49-52-55-58-61-64-67-70-76(79)82-73-74(72-81-75(78)69-66-63-60-57-54-51-48-45-42-33-30-27-24-21-18-15-12-9-6-3)83-77(80)71-68-65-62-59-56-53-50-47-44-40-35-32-29-26-23-20-17-14-11-8-5-2/h18,21-22,25,27,30-32,34-35,74H,4-17,19-20,23-24,26,28-29,33,36-73H2,1-3H3/b21-18-,25-22-,30-27-,34-31-,35-32-. The lowest BCUT2D eigenvalue weighted by Gasteiger charge is -2.18. The molecule has 0 aromatic heterocycles. The third kappa shape index (κ3) is 69.8. The molecule has 6 nitrogen and oxygen atoms in total. The molecular weight excluding hydrogens is 1020 g/mol. The topological polar surface area (TPSA) is 78.9 Å². The number of esters is 3. The number of carbonyl (C=O) groups excluding carboxylic acids is 3. The zero-order valence-corrected chi connectivity index (χ0v) is 55.7. The predicted molar refractivity (Wildman–Crippen MR) is 362 cm³/mol. The quantitative estimate of drug-likeness (QED) is 0.0261. The number of hydrogen-bond donors (Lipinski definition) is 0. The van der Waals surface area contributed by atoms with Gasteiger partial charge in [-0.05, 0) is 109 Å². The average molecular weight is 1160 g/mol. The lowest BCUT2D eigenvalue weighted by Crippen LogP contribution is -2.30. The van der Waals surface area contributed by atoms with Gasteiger partial charge in [0.2, 0.25) is 0 Å². The Hall–Kier alpha value is -2.89. The van der Waals surface area contributed by atoms with Crippen molar-refractivity contribution < 1.29 is 28.6 Å². The van der Waals surface area contributed by atoms with E-state index in [1.54, 1.807) is 0 Å². The molecule has 0 rings (SSSR count). The van der Waals surface area contributed by atoms with Crippen LogP contribution in [-0.4, -0.2) is 37.2 Å². The monoisotopic (exact) mass is 1160 g/mol. The summed E-state index contributed by atoms with van der Waals surface area (Å²) in [7, 11) is 0. The van der Waals surface area contributed by atoms with Crippen molar-refractivity contribution in [3.63, 3.8) is 0 Å². The van der Waals surface area contributed by atoms with Gasteiger partial charge in [-0.15, -0.1) is 0 Å². The molecule has 0 N–H and O–H groups in total. The van der Waals surface area contributed by atoms with Crippen molar-refractivity contribution in [2.24, 2.45) is 0 Å². The van der Waals surface area contributed by atoms with E-state index in [0.717, 1.165) is 70.6 Å². The van der Waals surface area contributed by atoms with Crippen LogP contribution >= 0.6 is 0 Å². The average Bonchev–Trinajstić information content (AvgIpc) is 3.49. The number of ether oxygens (including phenoxy) is 3. The highest BCUT2D eigenvalue weighted by Gasteiger charge is 2.19. The molecule has 0 aliphatic rings. The van der Waals surface area contributed by atoms with Crippen LogP contribution in [0.15, 0.2) is 60.8 Å². The van der Waals surface area contributed by atoms with Gasteiger partial charge in [0.1, 0.15) is 13.2 Å². The summed E-state index contributed by atoms with van der Waals surface area (Å²) in [4.78, 5) is 38.5. The van der Waals surface area contributed by atoms with Gasteiger partial charge >= 0.3 is 17.9 Å². The van der Waals surface area contributed by atoms with Crippen molar-refractivity contribution in [2.45, 2.75) is 399 Å². The third-order valence-corrected chi connectivity index (χ3v) is 16.5. The highest BCUT2D eigenvalue weighted by molar-refractivity contribution is 5.71. The zero-order valence-electron chi connectivity index (χ0n) is 55.7. The largest absolute Gasteiger partial charge is 0.462 e. The minimum absolute atomic E-state index is 0.0736. The molecule has 0 aliphatic carbocycles. The van der Waals surface area contributed by atoms with E-state index in [0.29, 0.717) is 19.3 Å². The van der Waals surface area contributed by atoms with Crippen LogP contribution in [0.25, 0.3) is 0 Å². The van der Waals surface area contributed by atoms with E-state index in [4.69, 9.17) is 14.2 Å². The summed E-state index contributed by atoms with van der Waals surface area (Å²) in [6, 6.07) is 0. The van der Waals surface area contributed by atoms with E-state index in [1.165, 1.54) is 283 Å². The minimum Gasteiger partial charge on any atom is -0.462 e. The molecule has 0 aliphatic heterocycles. The molecule has 0 saturated heterocycles. The minimum atomic E-state index is -0.779. The molecule has 6 heteroatoms. The second kappa shape index (κ2) is 71.6. The molecule has 0 saturated carbocycles. The first kappa shape index (κ1) is 80.1. The molecule has 1 unspecified atom stereocenters. The van der Waals surface area contributed by atoms with Crippen LogP contribution in [0, 0.1) is 0 Å². The maximum absolute atomic E-state index is 13.0. The smallest absolute Gasteiger partial charge is 0.306 e. The zero-order chi connectivity index (χ0) is 59.9. The number of carbonyl (C=O) groups is 3. The van der Waals surface area contributed by atoms with Crippen molar-refractivity contribution in [3.05, 3.63) is 60.8 Å². The number of allylic oxidation sites excluding steroid dienone is 10. The molecule has 0 spiro atoms. The van der Waals surface area contributed by atoms with Crippen LogP contribution < -0.4 is 0 Å². The summed E-state index contributed by atoms with van der Waals surface area (Å²) < 4.78 is 17.0. The first-order chi connectivity index (χ1) is 41.0. The molecule has 0 bridgehead atoms. The van der Waals surface area contributed by atoms with Gasteiger partial charge in [0, 0.05) is 19.3 Å². The van der Waals surface area contributed by atoms with E-state index in [2.05, 4.69) is 81.5 Å². The predicted octanol–water partition coefficient (Wildman–Crippen LogP) is 25.5. The molecule has 0 aromatic rings. The Bertz CT molecular complexity index is 1470. The lowest BCUT2D eigenvalue weighted by molar-refractivity contribution is -0.167. The first-order valence-corrected chi connectivity index (χ1v) is 36.8. The second-order valence-electron chi connectivity index (χ2n) is 24.8. The molecule has 0 amide bonds. The Morgan fingerprint density at radius 2 is 0.434 bits per heavy atom. The Balaban J connectivity index is 4.33. The van der Waals surface area contributed by atoms with Crippen LogP contribution in [0.4, 0.5) is 0 Å². The van der Waals surface area contributed by atoms with Gasteiger partial charge in [-0.25, -0.2) is 0 Å². The maximum Gasteiger partial charge on any atom is 0.306 e. The van der Waals surface area contributed by atoms with Crippen molar-refractivity contribution in [3.8, 4) is 0 Å². The van der Waals surface area contributed by atoms with Crippen LogP contribution in [0.1, 0.15) is 393 Å². The van der Waals surface area contributed by atoms with Gasteiger partial charge in [-0.2, -0.15) is 0 Å². The molecule has 0 heterocycles. The number of unbranched alkanes of at least 4 members (excludes halogenated alkanes) is 47. The fourth-order valence-electron chi connectivity index (χ4n) is 10.9. The molecule has 0 radical (unpaired) electrons. The van der Waals surface area contributed by atoms with Gasteiger partial charge < -0.3 is 14.2 Å². The van der Waals surface area contributed by atoms with Crippen molar-refractivity contribution >= 4 is 17.9 Å². The first-order valence-electron chi connectivity index (χ1n) is 36.8. The fraction of sp³-hybridized carbons (Fsp3) is 0.831. The third-order valence-electron chi connectivity index (χ3n) is 16.5. The highest BCUT2D eigenvalue weighted by Crippen LogP contribution is 2.18. The van der Waals surface area contributed by atoms with Crippen molar-refractivity contribution in [1.29, 1.82) is 0 Å². The summed E-state index contributed by atoms with van der Waals surface area (Å²) in [5.41, 5.74) is 0. The molecule has 1 atom stereocenters. The maximum atomic E-state index is 13.0. The van der Waals surface area contributed by atoms with Gasteiger partial charge in [0.15, 0.2) is 6.10 Å².